The highest BCUT2D eigenvalue weighted by atomic mass is 16.5. The summed E-state index contributed by atoms with van der Waals surface area (Å²) in [7, 11) is 7.09. The molecule has 4 aromatic carbocycles. The number of benzene rings is 4. The summed E-state index contributed by atoms with van der Waals surface area (Å²) in [5.41, 5.74) is 13.8. The number of pyridine rings is 2. The average Bonchev–Trinajstić information content (AvgIpc) is 3.32. The summed E-state index contributed by atoms with van der Waals surface area (Å²) in [4.78, 5) is 37.0. The number of hydrogen-bond donors (Lipinski definition) is 0. The lowest BCUT2D eigenvalue weighted by Gasteiger charge is -2.28. The van der Waals surface area contributed by atoms with Crippen LogP contribution in [0.25, 0.3) is 0 Å². The normalized spacial score (nSPS) is 15.3. The SMILES string of the molecule is COC(=O)c1ccncc1CC[C@@H]1CCCc2cc(N(C)c3ccccc3)ccc21.COC(=O)c1ccncc1CC[C@H]1CCCc2cc(N(C)c3ccccc3)ccc21. The Morgan fingerprint density at radius 3 is 1.38 bits per heavy atom. The molecule has 2 heterocycles. The number of rotatable bonds is 12. The molecular weight excluding hydrogens is 745 g/mol. The highest BCUT2D eigenvalue weighted by Crippen LogP contribution is 2.39. The lowest BCUT2D eigenvalue weighted by Crippen LogP contribution is -2.14. The largest absolute Gasteiger partial charge is 0.465 e. The second kappa shape index (κ2) is 20.1. The molecule has 0 amide bonds. The third-order valence-corrected chi connectivity index (χ3v) is 12.3. The Bertz CT molecular complexity index is 2200. The average molecular weight is 801 g/mol. The number of nitrogens with zero attached hydrogens (tertiary/aromatic N) is 4. The van der Waals surface area contributed by atoms with Gasteiger partial charge in [-0.15, -0.1) is 0 Å². The molecule has 2 aromatic heterocycles. The number of carbonyl (C=O) groups is 2. The number of aromatic nitrogens is 2. The minimum Gasteiger partial charge on any atom is -0.465 e. The van der Waals surface area contributed by atoms with Crippen LogP contribution in [-0.2, 0) is 35.2 Å². The van der Waals surface area contributed by atoms with Crippen molar-refractivity contribution < 1.29 is 19.1 Å². The number of carbonyl (C=O) groups excluding carboxylic acids is 2. The molecule has 0 fully saturated rings. The highest BCUT2D eigenvalue weighted by Gasteiger charge is 2.24. The quantitative estimate of drug-likeness (QED) is 0.113. The Labute approximate surface area is 355 Å². The predicted octanol–water partition coefficient (Wildman–Crippen LogP) is 11.4. The zero-order valence-corrected chi connectivity index (χ0v) is 35.3. The van der Waals surface area contributed by atoms with Crippen molar-refractivity contribution in [1.82, 2.24) is 9.97 Å². The minimum atomic E-state index is -0.287. The Kier molecular flexibility index (Phi) is 14.0. The number of ether oxygens (including phenoxy) is 2. The van der Waals surface area contributed by atoms with Crippen LogP contribution in [0.1, 0.15) is 104 Å². The molecule has 0 saturated heterocycles. The first-order valence-electron chi connectivity index (χ1n) is 21.2. The molecule has 2 aliphatic carbocycles. The van der Waals surface area contributed by atoms with Crippen LogP contribution in [0, 0.1) is 0 Å². The van der Waals surface area contributed by atoms with E-state index >= 15 is 0 Å². The second-order valence-corrected chi connectivity index (χ2v) is 15.9. The summed E-state index contributed by atoms with van der Waals surface area (Å²) < 4.78 is 9.85. The van der Waals surface area contributed by atoms with E-state index in [0.29, 0.717) is 23.0 Å². The fourth-order valence-electron chi connectivity index (χ4n) is 8.95. The van der Waals surface area contributed by atoms with Crippen molar-refractivity contribution >= 4 is 34.7 Å². The molecule has 0 unspecified atom stereocenters. The van der Waals surface area contributed by atoms with E-state index in [1.807, 2.05) is 12.1 Å². The van der Waals surface area contributed by atoms with Crippen LogP contribution in [0.4, 0.5) is 22.7 Å². The van der Waals surface area contributed by atoms with Crippen molar-refractivity contribution in [3.8, 4) is 0 Å². The van der Waals surface area contributed by atoms with Gasteiger partial charge in [0.1, 0.15) is 0 Å². The van der Waals surface area contributed by atoms with Crippen molar-refractivity contribution in [2.45, 2.75) is 76.0 Å². The smallest absolute Gasteiger partial charge is 0.338 e. The Morgan fingerprint density at radius 2 is 0.983 bits per heavy atom. The van der Waals surface area contributed by atoms with Gasteiger partial charge in [0.25, 0.3) is 0 Å². The van der Waals surface area contributed by atoms with E-state index in [0.717, 1.165) is 49.7 Å². The van der Waals surface area contributed by atoms with E-state index in [4.69, 9.17) is 9.47 Å². The van der Waals surface area contributed by atoms with Crippen LogP contribution < -0.4 is 9.80 Å². The summed E-state index contributed by atoms with van der Waals surface area (Å²) in [6.07, 6.45) is 17.6. The number of para-hydroxylation sites is 2. The van der Waals surface area contributed by atoms with Gasteiger partial charge >= 0.3 is 11.9 Å². The van der Waals surface area contributed by atoms with Crippen LogP contribution in [0.5, 0.6) is 0 Å². The van der Waals surface area contributed by atoms with Crippen molar-refractivity contribution in [2.75, 3.05) is 38.1 Å². The molecule has 0 saturated carbocycles. The Morgan fingerprint density at radius 1 is 0.567 bits per heavy atom. The van der Waals surface area contributed by atoms with Gasteiger partial charge in [-0.2, -0.15) is 0 Å². The van der Waals surface area contributed by atoms with E-state index in [-0.39, 0.29) is 11.9 Å². The summed E-state index contributed by atoms with van der Waals surface area (Å²) >= 11 is 0. The first kappa shape index (κ1) is 41.9. The molecule has 308 valence electrons. The zero-order chi connectivity index (χ0) is 41.8. The number of fused-ring (bicyclic) bond motifs is 2. The zero-order valence-electron chi connectivity index (χ0n) is 35.3. The maximum absolute atomic E-state index is 12.0. The van der Waals surface area contributed by atoms with Gasteiger partial charge in [-0.3, -0.25) is 9.97 Å². The molecule has 8 rings (SSSR count). The number of methoxy groups -OCH3 is 2. The molecule has 0 N–H and O–H groups in total. The van der Waals surface area contributed by atoms with E-state index in [2.05, 4.69) is 119 Å². The van der Waals surface area contributed by atoms with Gasteiger partial charge in [0.05, 0.1) is 25.3 Å². The number of hydrogen-bond acceptors (Lipinski definition) is 8. The van der Waals surface area contributed by atoms with Crippen LogP contribution in [0.2, 0.25) is 0 Å². The topological polar surface area (TPSA) is 84.9 Å². The second-order valence-electron chi connectivity index (χ2n) is 15.9. The van der Waals surface area contributed by atoms with Crippen molar-refractivity contribution in [2.24, 2.45) is 0 Å². The van der Waals surface area contributed by atoms with Crippen LogP contribution in [0.3, 0.4) is 0 Å². The van der Waals surface area contributed by atoms with Gasteiger partial charge < -0.3 is 19.3 Å². The molecule has 8 nitrogen and oxygen atoms in total. The molecule has 2 atom stereocenters. The predicted molar refractivity (Wildman–Crippen MR) is 241 cm³/mol. The van der Waals surface area contributed by atoms with E-state index in [1.165, 1.54) is 84.9 Å². The van der Waals surface area contributed by atoms with Gasteiger partial charge in [0, 0.05) is 61.6 Å². The molecule has 0 aliphatic heterocycles. The molecule has 0 spiro atoms. The first-order valence-corrected chi connectivity index (χ1v) is 21.2. The fraction of sp³-hybridized carbons (Fsp3) is 0.308. The lowest BCUT2D eigenvalue weighted by atomic mass is 9.79. The highest BCUT2D eigenvalue weighted by molar-refractivity contribution is 5.91. The van der Waals surface area contributed by atoms with E-state index in [9.17, 15) is 9.59 Å². The van der Waals surface area contributed by atoms with Gasteiger partial charge in [-0.05, 0) is 170 Å². The van der Waals surface area contributed by atoms with Crippen LogP contribution in [-0.4, -0.2) is 50.2 Å². The molecule has 0 bridgehead atoms. The fourth-order valence-corrected chi connectivity index (χ4v) is 8.95. The maximum atomic E-state index is 12.0. The number of aryl methyl sites for hydroxylation is 4. The first-order chi connectivity index (χ1) is 29.3. The summed E-state index contributed by atoms with van der Waals surface area (Å²) in [6, 6.07) is 38.2. The van der Waals surface area contributed by atoms with Crippen molar-refractivity contribution in [3.63, 3.8) is 0 Å². The van der Waals surface area contributed by atoms with Gasteiger partial charge in [0.15, 0.2) is 0 Å². The monoisotopic (exact) mass is 800 g/mol. The molecule has 0 radical (unpaired) electrons. The molecule has 2 aliphatic rings. The Balaban J connectivity index is 0.000000181. The van der Waals surface area contributed by atoms with E-state index < -0.39 is 0 Å². The minimum absolute atomic E-state index is 0.287. The van der Waals surface area contributed by atoms with Crippen LogP contribution in [0.15, 0.2) is 134 Å². The van der Waals surface area contributed by atoms with E-state index in [1.54, 1.807) is 36.9 Å². The summed E-state index contributed by atoms with van der Waals surface area (Å²) in [5, 5.41) is 0. The summed E-state index contributed by atoms with van der Waals surface area (Å²) in [6.45, 7) is 0. The maximum Gasteiger partial charge on any atom is 0.338 e. The van der Waals surface area contributed by atoms with Crippen LogP contribution >= 0.6 is 0 Å². The number of esters is 2. The molecule has 8 heteroatoms. The lowest BCUT2D eigenvalue weighted by molar-refractivity contribution is 0.0590. The summed E-state index contributed by atoms with van der Waals surface area (Å²) in [5.74, 6) is 0.445. The van der Waals surface area contributed by atoms with Gasteiger partial charge in [0.2, 0.25) is 0 Å². The molecule has 60 heavy (non-hydrogen) atoms. The standard InChI is InChI=1S/2C26H28N2O2/c2*1-28(22-9-4-3-5-10-22)23-13-14-24-19(7-6-8-20(24)17-23)11-12-21-18-27-16-15-25(21)26(29)30-2/h2*3-5,9-10,13-19H,6-8,11-12H2,1-2H3/t2*19-/m10/s1. The third kappa shape index (κ3) is 9.94. The number of anilines is 4. The van der Waals surface area contributed by atoms with Gasteiger partial charge in [-0.25, -0.2) is 9.59 Å². The van der Waals surface area contributed by atoms with Crippen molar-refractivity contribution in [3.05, 3.63) is 178 Å². The van der Waals surface area contributed by atoms with Gasteiger partial charge in [-0.1, -0.05) is 48.5 Å². The third-order valence-electron chi connectivity index (χ3n) is 12.3. The van der Waals surface area contributed by atoms with Crippen molar-refractivity contribution in [1.29, 1.82) is 0 Å². The Hall–Kier alpha value is -6.28. The molecular formula is C52H56N4O4. The molecule has 6 aromatic rings.